The van der Waals surface area contributed by atoms with Crippen molar-refractivity contribution in [1.29, 1.82) is 0 Å². The van der Waals surface area contributed by atoms with Gasteiger partial charge in [-0.1, -0.05) is 47.5 Å². The molecular formula is C26H30ClNO4. The lowest BCUT2D eigenvalue weighted by Crippen LogP contribution is -2.17. The molecule has 5 nitrogen and oxygen atoms in total. The van der Waals surface area contributed by atoms with E-state index in [-0.39, 0.29) is 0 Å². The van der Waals surface area contributed by atoms with Crippen LogP contribution in [0, 0.1) is 6.92 Å². The molecule has 1 N–H and O–H groups in total. The third-order valence-corrected chi connectivity index (χ3v) is 5.44. The van der Waals surface area contributed by atoms with Crippen molar-refractivity contribution >= 4 is 11.6 Å². The van der Waals surface area contributed by atoms with Gasteiger partial charge in [-0.05, 0) is 60.8 Å². The zero-order chi connectivity index (χ0) is 22.9. The maximum atomic E-state index is 6.52. The molecule has 0 fully saturated rings. The molecule has 0 saturated carbocycles. The van der Waals surface area contributed by atoms with E-state index < -0.39 is 0 Å². The van der Waals surface area contributed by atoms with Gasteiger partial charge in [-0.15, -0.1) is 0 Å². The summed E-state index contributed by atoms with van der Waals surface area (Å²) in [4.78, 5) is 0. The fraction of sp³-hybridized carbons (Fsp3) is 0.308. The standard InChI is InChI=1S/C26H30ClNO4/c1-18-5-7-20(8-6-18)17-32-26-22(27)13-21(15-25(26)31-4)16-28-12-11-19-9-10-23(29-2)24(14-19)30-3/h5-10,13-15,28H,11-12,16-17H2,1-4H3. The van der Waals surface area contributed by atoms with Gasteiger partial charge >= 0.3 is 0 Å². The van der Waals surface area contributed by atoms with Crippen LogP contribution in [0.25, 0.3) is 0 Å². The minimum absolute atomic E-state index is 0.430. The third-order valence-electron chi connectivity index (χ3n) is 5.16. The van der Waals surface area contributed by atoms with Crippen LogP contribution in [0.3, 0.4) is 0 Å². The molecule has 0 spiro atoms. The Morgan fingerprint density at radius 2 is 1.41 bits per heavy atom. The summed E-state index contributed by atoms with van der Waals surface area (Å²) < 4.78 is 22.2. The van der Waals surface area contributed by atoms with E-state index in [1.165, 1.54) is 11.1 Å². The van der Waals surface area contributed by atoms with E-state index in [4.69, 9.17) is 30.5 Å². The lowest BCUT2D eigenvalue weighted by atomic mass is 10.1. The monoisotopic (exact) mass is 455 g/mol. The van der Waals surface area contributed by atoms with Crippen LogP contribution in [0.5, 0.6) is 23.0 Å². The molecule has 6 heteroatoms. The second kappa shape index (κ2) is 11.7. The zero-order valence-corrected chi connectivity index (χ0v) is 19.8. The fourth-order valence-electron chi connectivity index (χ4n) is 3.36. The van der Waals surface area contributed by atoms with Crippen LogP contribution < -0.4 is 24.3 Å². The quantitative estimate of drug-likeness (QED) is 0.382. The van der Waals surface area contributed by atoms with E-state index in [9.17, 15) is 0 Å². The van der Waals surface area contributed by atoms with E-state index in [1.54, 1.807) is 21.3 Å². The Kier molecular flexibility index (Phi) is 8.65. The van der Waals surface area contributed by atoms with Crippen molar-refractivity contribution in [2.75, 3.05) is 27.9 Å². The molecule has 0 atom stereocenters. The van der Waals surface area contributed by atoms with Gasteiger partial charge in [-0.3, -0.25) is 0 Å². The second-order valence-corrected chi connectivity index (χ2v) is 7.91. The predicted octanol–water partition coefficient (Wildman–Crippen LogP) is 5.59. The van der Waals surface area contributed by atoms with Crippen LogP contribution in [-0.2, 0) is 19.6 Å². The topological polar surface area (TPSA) is 49.0 Å². The smallest absolute Gasteiger partial charge is 0.180 e. The highest BCUT2D eigenvalue weighted by Gasteiger charge is 2.12. The molecule has 0 aliphatic carbocycles. The molecule has 3 aromatic carbocycles. The highest BCUT2D eigenvalue weighted by molar-refractivity contribution is 6.32. The van der Waals surface area contributed by atoms with Gasteiger partial charge in [-0.2, -0.15) is 0 Å². The van der Waals surface area contributed by atoms with Crippen LogP contribution in [0.1, 0.15) is 22.3 Å². The highest BCUT2D eigenvalue weighted by Crippen LogP contribution is 2.37. The van der Waals surface area contributed by atoms with Gasteiger partial charge in [0.15, 0.2) is 23.0 Å². The van der Waals surface area contributed by atoms with Crippen molar-refractivity contribution in [1.82, 2.24) is 5.32 Å². The van der Waals surface area contributed by atoms with Crippen molar-refractivity contribution in [3.8, 4) is 23.0 Å². The van der Waals surface area contributed by atoms with Crippen molar-refractivity contribution in [2.45, 2.75) is 26.5 Å². The molecule has 0 heterocycles. The Bertz CT molecular complexity index is 1020. The first-order valence-electron chi connectivity index (χ1n) is 10.5. The largest absolute Gasteiger partial charge is 0.493 e. The maximum absolute atomic E-state index is 6.52. The van der Waals surface area contributed by atoms with Crippen LogP contribution in [0.15, 0.2) is 54.6 Å². The molecular weight excluding hydrogens is 426 g/mol. The summed E-state index contributed by atoms with van der Waals surface area (Å²) in [6, 6.07) is 18.1. The first-order chi connectivity index (χ1) is 15.5. The Morgan fingerprint density at radius 3 is 2.09 bits per heavy atom. The average Bonchev–Trinajstić information content (AvgIpc) is 2.81. The number of halogens is 1. The van der Waals surface area contributed by atoms with Crippen molar-refractivity contribution in [2.24, 2.45) is 0 Å². The molecule has 3 aromatic rings. The van der Waals surface area contributed by atoms with E-state index in [0.717, 1.165) is 35.6 Å². The van der Waals surface area contributed by atoms with E-state index in [0.29, 0.717) is 29.7 Å². The molecule has 170 valence electrons. The zero-order valence-electron chi connectivity index (χ0n) is 19.0. The van der Waals surface area contributed by atoms with Crippen LogP contribution in [0.4, 0.5) is 0 Å². The molecule has 0 unspecified atom stereocenters. The van der Waals surface area contributed by atoms with Gasteiger partial charge in [0.1, 0.15) is 6.61 Å². The molecule has 3 rings (SSSR count). The molecule has 0 radical (unpaired) electrons. The predicted molar refractivity (Wildman–Crippen MR) is 128 cm³/mol. The number of hydrogen-bond donors (Lipinski definition) is 1. The summed E-state index contributed by atoms with van der Waals surface area (Å²) in [5.74, 6) is 2.66. The minimum atomic E-state index is 0.430. The Balaban J connectivity index is 1.56. The van der Waals surface area contributed by atoms with Crippen LogP contribution >= 0.6 is 11.6 Å². The average molecular weight is 456 g/mol. The van der Waals surface area contributed by atoms with Crippen molar-refractivity contribution in [3.05, 3.63) is 81.9 Å². The van der Waals surface area contributed by atoms with Crippen LogP contribution in [0.2, 0.25) is 5.02 Å². The Labute approximate surface area is 195 Å². The van der Waals surface area contributed by atoms with E-state index in [2.05, 4.69) is 24.4 Å². The molecule has 0 bridgehead atoms. The van der Waals surface area contributed by atoms with Gasteiger partial charge in [-0.25, -0.2) is 0 Å². The first kappa shape index (κ1) is 23.8. The third kappa shape index (κ3) is 6.31. The minimum Gasteiger partial charge on any atom is -0.493 e. The maximum Gasteiger partial charge on any atom is 0.180 e. The molecule has 0 aliphatic heterocycles. The van der Waals surface area contributed by atoms with Crippen molar-refractivity contribution < 1.29 is 18.9 Å². The SMILES string of the molecule is COc1ccc(CCNCc2cc(Cl)c(OCc3ccc(C)cc3)c(OC)c2)cc1OC. The summed E-state index contributed by atoms with van der Waals surface area (Å²) in [5, 5.41) is 3.99. The number of hydrogen-bond acceptors (Lipinski definition) is 5. The summed E-state index contributed by atoms with van der Waals surface area (Å²) in [6.07, 6.45) is 0.864. The highest BCUT2D eigenvalue weighted by atomic mass is 35.5. The normalized spacial score (nSPS) is 10.7. The number of methoxy groups -OCH3 is 3. The molecule has 0 amide bonds. The molecule has 0 saturated heterocycles. The first-order valence-corrected chi connectivity index (χ1v) is 10.9. The lowest BCUT2D eigenvalue weighted by Gasteiger charge is -2.15. The number of nitrogens with one attached hydrogen (secondary N) is 1. The number of aryl methyl sites for hydroxylation is 1. The molecule has 0 aliphatic rings. The van der Waals surface area contributed by atoms with Gasteiger partial charge in [0.2, 0.25) is 0 Å². The Morgan fingerprint density at radius 1 is 0.750 bits per heavy atom. The molecule has 0 aromatic heterocycles. The fourth-order valence-corrected chi connectivity index (χ4v) is 3.64. The van der Waals surface area contributed by atoms with Gasteiger partial charge in [0.05, 0.1) is 26.4 Å². The summed E-state index contributed by atoms with van der Waals surface area (Å²) in [5.41, 5.74) is 4.49. The Hall–Kier alpha value is -2.89. The van der Waals surface area contributed by atoms with E-state index in [1.807, 2.05) is 42.5 Å². The lowest BCUT2D eigenvalue weighted by molar-refractivity contribution is 0.284. The summed E-state index contributed by atoms with van der Waals surface area (Å²) >= 11 is 6.52. The number of ether oxygens (including phenoxy) is 4. The van der Waals surface area contributed by atoms with E-state index >= 15 is 0 Å². The second-order valence-electron chi connectivity index (χ2n) is 7.50. The van der Waals surface area contributed by atoms with Gasteiger partial charge < -0.3 is 24.3 Å². The van der Waals surface area contributed by atoms with Gasteiger partial charge in [0, 0.05) is 6.54 Å². The number of benzene rings is 3. The van der Waals surface area contributed by atoms with Gasteiger partial charge in [0.25, 0.3) is 0 Å². The van der Waals surface area contributed by atoms with Crippen molar-refractivity contribution in [3.63, 3.8) is 0 Å². The van der Waals surface area contributed by atoms with Crippen LogP contribution in [-0.4, -0.2) is 27.9 Å². The summed E-state index contributed by atoms with van der Waals surface area (Å²) in [7, 11) is 4.90. The molecule has 32 heavy (non-hydrogen) atoms. The summed E-state index contributed by atoms with van der Waals surface area (Å²) in [6.45, 7) is 3.97. The number of rotatable bonds is 11.